The van der Waals surface area contributed by atoms with Gasteiger partial charge < -0.3 is 10.4 Å². The first-order valence-corrected chi connectivity index (χ1v) is 8.71. The molecule has 22 heavy (non-hydrogen) atoms. The predicted octanol–water partition coefficient (Wildman–Crippen LogP) is 1.84. The molecule has 8 heteroatoms. The number of carbonyl (C=O) groups is 4. The van der Waals surface area contributed by atoms with Gasteiger partial charge in [-0.05, 0) is 6.42 Å². The highest BCUT2D eigenvalue weighted by atomic mass is 32.2. The van der Waals surface area contributed by atoms with Crippen molar-refractivity contribution in [2.45, 2.75) is 33.1 Å². The van der Waals surface area contributed by atoms with Crippen LogP contribution in [0.15, 0.2) is 11.6 Å². The van der Waals surface area contributed by atoms with Crippen LogP contribution in [0.5, 0.6) is 0 Å². The summed E-state index contributed by atoms with van der Waals surface area (Å²) in [4.78, 5) is 43.8. The molecule has 124 valence electrons. The fraction of sp³-hybridized carbons (Fsp3) is 0.571. The molecule has 0 spiro atoms. The van der Waals surface area contributed by atoms with E-state index in [2.05, 4.69) is 5.32 Å². The van der Waals surface area contributed by atoms with Gasteiger partial charge in [-0.15, -0.1) is 0 Å². The van der Waals surface area contributed by atoms with E-state index in [0.717, 1.165) is 29.1 Å². The number of carboxylic acids is 1. The molecule has 0 saturated heterocycles. The van der Waals surface area contributed by atoms with E-state index in [1.165, 1.54) is 13.8 Å². The van der Waals surface area contributed by atoms with Crippen molar-refractivity contribution in [2.75, 3.05) is 18.1 Å². The van der Waals surface area contributed by atoms with E-state index in [4.69, 9.17) is 5.11 Å². The zero-order valence-corrected chi connectivity index (χ0v) is 14.3. The third-order valence-electron chi connectivity index (χ3n) is 2.41. The van der Waals surface area contributed by atoms with Crippen molar-refractivity contribution in [1.29, 1.82) is 0 Å². The van der Waals surface area contributed by atoms with Crippen LogP contribution in [0.2, 0.25) is 0 Å². The van der Waals surface area contributed by atoms with Crippen LogP contribution in [0, 0.1) is 0 Å². The van der Waals surface area contributed by atoms with Gasteiger partial charge in [-0.2, -0.15) is 0 Å². The van der Waals surface area contributed by atoms with Crippen LogP contribution in [-0.2, 0) is 19.2 Å². The first-order valence-electron chi connectivity index (χ1n) is 6.74. The van der Waals surface area contributed by atoms with E-state index in [1.807, 2.05) is 0 Å². The third-order valence-corrected chi connectivity index (χ3v) is 4.25. The molecule has 0 aromatic carbocycles. The Morgan fingerprint density at radius 3 is 2.00 bits per heavy atom. The van der Waals surface area contributed by atoms with E-state index >= 15 is 0 Å². The molecule has 0 aromatic heterocycles. The van der Waals surface area contributed by atoms with Crippen LogP contribution in [0.1, 0.15) is 33.1 Å². The lowest BCUT2D eigenvalue weighted by molar-refractivity contribution is -0.137. The average molecular weight is 347 g/mol. The number of hydrogen-bond acceptors (Lipinski definition) is 6. The summed E-state index contributed by atoms with van der Waals surface area (Å²) in [5, 5.41) is 11.1. The number of thioether (sulfide) groups is 2. The smallest absolute Gasteiger partial charge is 0.303 e. The molecule has 2 N–H and O–H groups in total. The molecule has 0 aromatic rings. The zero-order valence-electron chi connectivity index (χ0n) is 12.7. The minimum atomic E-state index is -0.919. The molecule has 0 rings (SSSR count). The molecule has 0 aliphatic carbocycles. The van der Waals surface area contributed by atoms with Crippen molar-refractivity contribution in [1.82, 2.24) is 5.32 Å². The summed E-state index contributed by atoms with van der Waals surface area (Å²) >= 11 is 2.31. The molecule has 0 aliphatic rings. The second-order valence-electron chi connectivity index (χ2n) is 4.47. The van der Waals surface area contributed by atoms with E-state index in [1.54, 1.807) is 6.08 Å². The standard InChI is InChI=1S/C14H21NO5S2/c1-10(16)21-8-12(9-22-11(2)17)6-7-15-13(18)4-3-5-14(19)20/h6H,3-5,7-9H2,1-2H3,(H,15,18)(H,19,20). The lowest BCUT2D eigenvalue weighted by atomic mass is 10.2. The largest absolute Gasteiger partial charge is 0.481 e. The monoisotopic (exact) mass is 347 g/mol. The number of carboxylic acid groups (broad SMARTS) is 1. The Labute approximate surface area is 138 Å². The van der Waals surface area contributed by atoms with Gasteiger partial charge >= 0.3 is 5.97 Å². The Hall–Kier alpha value is -1.28. The number of amides is 1. The number of hydrogen-bond donors (Lipinski definition) is 2. The van der Waals surface area contributed by atoms with Gasteiger partial charge in [-0.1, -0.05) is 35.2 Å². The Morgan fingerprint density at radius 2 is 1.55 bits per heavy atom. The highest BCUT2D eigenvalue weighted by Gasteiger charge is 2.05. The maximum Gasteiger partial charge on any atom is 0.303 e. The summed E-state index contributed by atoms with van der Waals surface area (Å²) in [7, 11) is 0. The molecule has 0 bridgehead atoms. The van der Waals surface area contributed by atoms with E-state index in [9.17, 15) is 19.2 Å². The second kappa shape index (κ2) is 12.3. The van der Waals surface area contributed by atoms with Gasteiger partial charge in [0.05, 0.1) is 0 Å². The highest BCUT2D eigenvalue weighted by Crippen LogP contribution is 2.14. The van der Waals surface area contributed by atoms with Crippen molar-refractivity contribution >= 4 is 45.6 Å². The lowest BCUT2D eigenvalue weighted by Gasteiger charge is -2.06. The quantitative estimate of drug-likeness (QED) is 0.582. The third kappa shape index (κ3) is 13.7. The topological polar surface area (TPSA) is 101 Å². The number of aliphatic carboxylic acids is 1. The van der Waals surface area contributed by atoms with Crippen molar-refractivity contribution in [2.24, 2.45) is 0 Å². The van der Waals surface area contributed by atoms with Gasteiger partial charge in [-0.25, -0.2) is 0 Å². The molecule has 1 amide bonds. The average Bonchev–Trinajstić information content (AvgIpc) is 2.40. The van der Waals surface area contributed by atoms with Crippen molar-refractivity contribution in [3.63, 3.8) is 0 Å². The Kier molecular flexibility index (Phi) is 11.6. The summed E-state index contributed by atoms with van der Waals surface area (Å²) in [5.74, 6) is -0.151. The summed E-state index contributed by atoms with van der Waals surface area (Å²) < 4.78 is 0. The molecule has 0 heterocycles. The van der Waals surface area contributed by atoms with Crippen LogP contribution in [0.4, 0.5) is 0 Å². The highest BCUT2D eigenvalue weighted by molar-refractivity contribution is 8.14. The van der Waals surface area contributed by atoms with Gasteiger partial charge in [0.1, 0.15) is 0 Å². The SMILES string of the molecule is CC(=O)SCC(=CCNC(=O)CCCC(=O)O)CSC(C)=O. The maximum absolute atomic E-state index is 11.5. The fourth-order valence-corrected chi connectivity index (χ4v) is 2.69. The lowest BCUT2D eigenvalue weighted by Crippen LogP contribution is -2.23. The summed E-state index contributed by atoms with van der Waals surface area (Å²) in [5.41, 5.74) is 0.909. The molecule has 0 fully saturated rings. The van der Waals surface area contributed by atoms with E-state index < -0.39 is 5.97 Å². The first kappa shape index (κ1) is 20.7. The summed E-state index contributed by atoms with van der Waals surface area (Å²) in [6, 6.07) is 0. The molecule has 0 atom stereocenters. The predicted molar refractivity (Wildman–Crippen MR) is 88.9 cm³/mol. The maximum atomic E-state index is 11.5. The molecular formula is C14H21NO5S2. The van der Waals surface area contributed by atoms with E-state index in [0.29, 0.717) is 24.5 Å². The van der Waals surface area contributed by atoms with Gasteiger partial charge in [0, 0.05) is 44.7 Å². The van der Waals surface area contributed by atoms with Crippen molar-refractivity contribution < 1.29 is 24.3 Å². The molecular weight excluding hydrogens is 326 g/mol. The van der Waals surface area contributed by atoms with Gasteiger partial charge in [0.15, 0.2) is 10.2 Å². The molecule has 0 unspecified atom stereocenters. The van der Waals surface area contributed by atoms with Crippen LogP contribution in [0.25, 0.3) is 0 Å². The molecule has 0 aliphatic heterocycles. The van der Waals surface area contributed by atoms with Crippen molar-refractivity contribution in [3.8, 4) is 0 Å². The summed E-state index contributed by atoms with van der Waals surface area (Å²) in [6.07, 6.45) is 2.23. The van der Waals surface area contributed by atoms with Gasteiger partial charge in [0.2, 0.25) is 5.91 Å². The normalized spacial score (nSPS) is 9.91. The Balaban J connectivity index is 4.20. The number of rotatable bonds is 10. The second-order valence-corrected chi connectivity index (χ2v) is 6.78. The Morgan fingerprint density at radius 1 is 1.00 bits per heavy atom. The molecule has 0 radical (unpaired) electrons. The van der Waals surface area contributed by atoms with Crippen LogP contribution < -0.4 is 5.32 Å². The fourth-order valence-electron chi connectivity index (χ4n) is 1.35. The molecule has 0 saturated carbocycles. The van der Waals surface area contributed by atoms with Crippen LogP contribution in [-0.4, -0.2) is 45.3 Å². The minimum Gasteiger partial charge on any atom is -0.481 e. The van der Waals surface area contributed by atoms with Gasteiger partial charge in [0.25, 0.3) is 0 Å². The number of nitrogens with one attached hydrogen (secondary N) is 1. The first-order chi connectivity index (χ1) is 10.3. The minimum absolute atomic E-state index is 0.00330. The van der Waals surface area contributed by atoms with Crippen LogP contribution >= 0.6 is 23.5 Å². The number of carbonyl (C=O) groups excluding carboxylic acids is 3. The zero-order chi connectivity index (χ0) is 17.0. The van der Waals surface area contributed by atoms with E-state index in [-0.39, 0.29) is 29.0 Å². The van der Waals surface area contributed by atoms with Crippen LogP contribution in [0.3, 0.4) is 0 Å². The molecule has 6 nitrogen and oxygen atoms in total. The Bertz CT molecular complexity index is 429. The van der Waals surface area contributed by atoms with Crippen molar-refractivity contribution in [3.05, 3.63) is 11.6 Å². The van der Waals surface area contributed by atoms with Gasteiger partial charge in [-0.3, -0.25) is 19.2 Å². The summed E-state index contributed by atoms with van der Waals surface area (Å²) in [6.45, 7) is 3.26.